The fourth-order valence-electron chi connectivity index (χ4n) is 2.92. The van der Waals surface area contributed by atoms with Crippen LogP contribution in [0.5, 0.6) is 5.75 Å². The Bertz CT molecular complexity index is 612. The van der Waals surface area contributed by atoms with E-state index < -0.39 is 0 Å². The van der Waals surface area contributed by atoms with Crippen LogP contribution in [0, 0.1) is 0 Å². The second kappa shape index (κ2) is 4.77. The van der Waals surface area contributed by atoms with Crippen molar-refractivity contribution < 1.29 is 4.74 Å². The van der Waals surface area contributed by atoms with E-state index in [1.807, 2.05) is 22.9 Å². The maximum Gasteiger partial charge on any atom is 0.188 e. The summed E-state index contributed by atoms with van der Waals surface area (Å²) in [7, 11) is 1.63. The standard InChI is InChI=1S/C14H19N5O/c1-3-14(8-5-9-14)19-13(16-17-18-19)12-10(15)6-4-7-11(12)20-2/h4,6-7H,3,5,8-9,15H2,1-2H3. The largest absolute Gasteiger partial charge is 0.496 e. The predicted octanol–water partition coefficient (Wildman–Crippen LogP) is 2.22. The van der Waals surface area contributed by atoms with E-state index in [1.165, 1.54) is 6.42 Å². The molecule has 1 aromatic heterocycles. The Labute approximate surface area is 117 Å². The van der Waals surface area contributed by atoms with Gasteiger partial charge < -0.3 is 10.5 Å². The van der Waals surface area contributed by atoms with Gasteiger partial charge in [0.1, 0.15) is 5.75 Å². The van der Waals surface area contributed by atoms with Crippen LogP contribution in [0.1, 0.15) is 32.6 Å². The Morgan fingerprint density at radius 2 is 2.20 bits per heavy atom. The van der Waals surface area contributed by atoms with Crippen molar-refractivity contribution in [3.05, 3.63) is 18.2 Å². The maximum atomic E-state index is 6.11. The molecule has 2 N–H and O–H groups in total. The third-order valence-corrected chi connectivity index (χ3v) is 4.36. The van der Waals surface area contributed by atoms with Gasteiger partial charge in [0.2, 0.25) is 0 Å². The molecule has 0 amide bonds. The van der Waals surface area contributed by atoms with E-state index in [4.69, 9.17) is 10.5 Å². The smallest absolute Gasteiger partial charge is 0.188 e. The lowest BCUT2D eigenvalue weighted by Gasteiger charge is -2.41. The average Bonchev–Trinajstić information content (AvgIpc) is 2.87. The number of methoxy groups -OCH3 is 1. The Morgan fingerprint density at radius 3 is 2.80 bits per heavy atom. The number of nitrogen functional groups attached to an aromatic ring is 1. The highest BCUT2D eigenvalue weighted by Crippen LogP contribution is 2.44. The van der Waals surface area contributed by atoms with Crippen LogP contribution in [0.25, 0.3) is 11.4 Å². The lowest BCUT2D eigenvalue weighted by molar-refractivity contribution is 0.118. The van der Waals surface area contributed by atoms with Crippen LogP contribution < -0.4 is 10.5 Å². The molecule has 1 aliphatic rings. The Balaban J connectivity index is 2.15. The van der Waals surface area contributed by atoms with Gasteiger partial charge in [-0.2, -0.15) is 0 Å². The fraction of sp³-hybridized carbons (Fsp3) is 0.500. The number of benzene rings is 1. The highest BCUT2D eigenvalue weighted by Gasteiger charge is 2.40. The van der Waals surface area contributed by atoms with Crippen LogP contribution in [-0.4, -0.2) is 27.3 Å². The number of anilines is 1. The van der Waals surface area contributed by atoms with Crippen LogP contribution >= 0.6 is 0 Å². The van der Waals surface area contributed by atoms with Gasteiger partial charge in [-0.3, -0.25) is 0 Å². The lowest BCUT2D eigenvalue weighted by Crippen LogP contribution is -2.41. The molecular weight excluding hydrogens is 254 g/mol. The monoisotopic (exact) mass is 273 g/mol. The van der Waals surface area contributed by atoms with E-state index >= 15 is 0 Å². The zero-order chi connectivity index (χ0) is 14.2. The summed E-state index contributed by atoms with van der Waals surface area (Å²) in [5.74, 6) is 1.40. The second-order valence-electron chi connectivity index (χ2n) is 5.27. The molecule has 2 aromatic rings. The van der Waals surface area contributed by atoms with E-state index in [-0.39, 0.29) is 5.54 Å². The fourth-order valence-corrected chi connectivity index (χ4v) is 2.92. The SMILES string of the molecule is CCC1(n2nnnc2-c2c(N)cccc2OC)CCC1. The highest BCUT2D eigenvalue weighted by molar-refractivity contribution is 5.77. The molecule has 1 heterocycles. The van der Waals surface area contributed by atoms with E-state index in [0.29, 0.717) is 17.3 Å². The number of hydrogen-bond acceptors (Lipinski definition) is 5. The highest BCUT2D eigenvalue weighted by atomic mass is 16.5. The summed E-state index contributed by atoms with van der Waals surface area (Å²) in [4.78, 5) is 0. The third kappa shape index (κ3) is 1.75. The molecule has 1 aliphatic carbocycles. The quantitative estimate of drug-likeness (QED) is 0.864. The van der Waals surface area contributed by atoms with Gasteiger partial charge in [-0.1, -0.05) is 13.0 Å². The van der Waals surface area contributed by atoms with Gasteiger partial charge in [-0.05, 0) is 48.2 Å². The third-order valence-electron chi connectivity index (χ3n) is 4.36. The number of ether oxygens (including phenoxy) is 1. The van der Waals surface area contributed by atoms with Crippen LogP contribution in [0.3, 0.4) is 0 Å². The number of hydrogen-bond donors (Lipinski definition) is 1. The van der Waals surface area contributed by atoms with E-state index in [1.54, 1.807) is 7.11 Å². The number of aromatic nitrogens is 4. The molecule has 0 aliphatic heterocycles. The second-order valence-corrected chi connectivity index (χ2v) is 5.27. The lowest BCUT2D eigenvalue weighted by atomic mass is 9.75. The molecular formula is C14H19N5O. The van der Waals surface area contributed by atoms with Gasteiger partial charge in [-0.25, -0.2) is 4.68 Å². The summed E-state index contributed by atoms with van der Waals surface area (Å²) in [6.45, 7) is 2.18. The molecule has 1 aromatic carbocycles. The van der Waals surface area contributed by atoms with Gasteiger partial charge >= 0.3 is 0 Å². The number of nitrogens with zero attached hydrogens (tertiary/aromatic N) is 4. The first-order valence-corrected chi connectivity index (χ1v) is 6.93. The molecule has 1 fully saturated rings. The Kier molecular flexibility index (Phi) is 3.08. The first-order valence-electron chi connectivity index (χ1n) is 6.93. The minimum absolute atomic E-state index is 0.0339. The predicted molar refractivity (Wildman–Crippen MR) is 76.3 cm³/mol. The van der Waals surface area contributed by atoms with Gasteiger partial charge in [-0.15, -0.1) is 5.10 Å². The van der Waals surface area contributed by atoms with Gasteiger partial charge in [0.05, 0.1) is 18.2 Å². The number of tetrazole rings is 1. The Morgan fingerprint density at radius 1 is 1.40 bits per heavy atom. The molecule has 0 saturated heterocycles. The molecule has 0 bridgehead atoms. The van der Waals surface area contributed by atoms with Crippen LogP contribution in [0.15, 0.2) is 18.2 Å². The summed E-state index contributed by atoms with van der Waals surface area (Å²) in [5.41, 5.74) is 7.55. The van der Waals surface area contributed by atoms with Crippen LogP contribution in [0.2, 0.25) is 0 Å². The number of rotatable bonds is 4. The van der Waals surface area contributed by atoms with Gasteiger partial charge in [0, 0.05) is 5.69 Å². The summed E-state index contributed by atoms with van der Waals surface area (Å²) in [5, 5.41) is 12.3. The van der Waals surface area contributed by atoms with Crippen molar-refractivity contribution in [3.8, 4) is 17.1 Å². The van der Waals surface area contributed by atoms with Crippen LogP contribution in [0.4, 0.5) is 5.69 Å². The molecule has 0 radical (unpaired) electrons. The molecule has 6 heteroatoms. The first-order chi connectivity index (χ1) is 9.72. The number of nitrogens with two attached hydrogens (primary N) is 1. The maximum absolute atomic E-state index is 6.11. The zero-order valence-corrected chi connectivity index (χ0v) is 11.8. The molecule has 3 rings (SSSR count). The zero-order valence-electron chi connectivity index (χ0n) is 11.8. The van der Waals surface area contributed by atoms with Crippen LogP contribution in [-0.2, 0) is 5.54 Å². The minimum Gasteiger partial charge on any atom is -0.496 e. The van der Waals surface area contributed by atoms with Gasteiger partial charge in [0.25, 0.3) is 0 Å². The molecule has 20 heavy (non-hydrogen) atoms. The van der Waals surface area contributed by atoms with Crippen molar-refractivity contribution in [3.63, 3.8) is 0 Å². The van der Waals surface area contributed by atoms with Crippen molar-refractivity contribution in [2.24, 2.45) is 0 Å². The molecule has 0 spiro atoms. The first kappa shape index (κ1) is 12.9. The minimum atomic E-state index is 0.0339. The molecule has 1 saturated carbocycles. The van der Waals surface area contributed by atoms with Crippen molar-refractivity contribution in [2.45, 2.75) is 38.1 Å². The molecule has 106 valence electrons. The summed E-state index contributed by atoms with van der Waals surface area (Å²) in [6, 6.07) is 5.59. The Hall–Kier alpha value is -2.11. The van der Waals surface area contributed by atoms with E-state index in [9.17, 15) is 0 Å². The van der Waals surface area contributed by atoms with Crippen molar-refractivity contribution in [2.75, 3.05) is 12.8 Å². The van der Waals surface area contributed by atoms with Crippen molar-refractivity contribution >= 4 is 5.69 Å². The summed E-state index contributed by atoms with van der Waals surface area (Å²) >= 11 is 0. The average molecular weight is 273 g/mol. The normalized spacial score (nSPS) is 16.7. The molecule has 6 nitrogen and oxygen atoms in total. The van der Waals surface area contributed by atoms with Gasteiger partial charge in [0.15, 0.2) is 5.82 Å². The van der Waals surface area contributed by atoms with Crippen molar-refractivity contribution in [1.82, 2.24) is 20.2 Å². The topological polar surface area (TPSA) is 78.9 Å². The summed E-state index contributed by atoms with van der Waals surface area (Å²) < 4.78 is 7.35. The molecule has 0 unspecified atom stereocenters. The van der Waals surface area contributed by atoms with E-state index in [0.717, 1.165) is 24.8 Å². The van der Waals surface area contributed by atoms with Crippen molar-refractivity contribution in [1.29, 1.82) is 0 Å². The molecule has 0 atom stereocenters. The van der Waals surface area contributed by atoms with E-state index in [2.05, 4.69) is 22.4 Å². The summed E-state index contributed by atoms with van der Waals surface area (Å²) in [6.07, 6.45) is 4.45.